The first kappa shape index (κ1) is 20.7. The Morgan fingerprint density at radius 3 is 2.55 bits per heavy atom. The molecule has 8 heteroatoms. The number of para-hydroxylation sites is 1. The van der Waals surface area contributed by atoms with Crippen molar-refractivity contribution in [3.63, 3.8) is 0 Å². The Balaban J connectivity index is 1.24. The van der Waals surface area contributed by atoms with Crippen molar-refractivity contribution < 1.29 is 9.59 Å². The average Bonchev–Trinajstić information content (AvgIpc) is 3.27. The van der Waals surface area contributed by atoms with E-state index in [1.54, 1.807) is 30.7 Å². The Hall–Kier alpha value is -4.20. The standard InChI is InChI=1S/C25H24N6O2/c32-23(18-31-12-9-19-5-3-11-27-24(19)31)30-15-13-29(14-16-30)22-8-2-1-7-21(22)25(33)28-20-6-4-10-26-17-20/h1-12,17H,13-16,18H2,(H,28,33). The van der Waals surface area contributed by atoms with Crippen LogP contribution >= 0.6 is 0 Å². The normalized spacial score (nSPS) is 13.8. The first-order valence-electron chi connectivity index (χ1n) is 10.9. The number of piperazine rings is 1. The van der Waals surface area contributed by atoms with Crippen molar-refractivity contribution in [1.29, 1.82) is 0 Å². The molecule has 33 heavy (non-hydrogen) atoms. The molecule has 4 aromatic rings. The van der Waals surface area contributed by atoms with Crippen molar-refractivity contribution in [2.75, 3.05) is 36.4 Å². The zero-order valence-electron chi connectivity index (χ0n) is 18.1. The molecule has 1 aliphatic heterocycles. The summed E-state index contributed by atoms with van der Waals surface area (Å²) in [5.74, 6) is -0.107. The smallest absolute Gasteiger partial charge is 0.257 e. The van der Waals surface area contributed by atoms with E-state index in [2.05, 4.69) is 20.2 Å². The molecule has 3 aromatic heterocycles. The fourth-order valence-corrected chi connectivity index (χ4v) is 4.17. The summed E-state index contributed by atoms with van der Waals surface area (Å²) in [6, 6.07) is 17.0. The van der Waals surface area contributed by atoms with E-state index in [0.717, 1.165) is 16.7 Å². The summed E-state index contributed by atoms with van der Waals surface area (Å²) in [5.41, 5.74) is 2.94. The van der Waals surface area contributed by atoms with Crippen molar-refractivity contribution >= 4 is 34.2 Å². The van der Waals surface area contributed by atoms with Crippen LogP contribution in [0.1, 0.15) is 10.4 Å². The third-order valence-electron chi connectivity index (χ3n) is 5.87. The van der Waals surface area contributed by atoms with Gasteiger partial charge in [0.15, 0.2) is 0 Å². The number of nitrogens with one attached hydrogen (secondary N) is 1. The molecule has 0 atom stereocenters. The number of aromatic nitrogens is 3. The highest BCUT2D eigenvalue weighted by Crippen LogP contribution is 2.23. The van der Waals surface area contributed by atoms with Crippen LogP contribution in [0.15, 0.2) is 79.4 Å². The van der Waals surface area contributed by atoms with E-state index in [0.29, 0.717) is 37.4 Å². The molecule has 0 unspecified atom stereocenters. The number of benzene rings is 1. The van der Waals surface area contributed by atoms with Gasteiger partial charge in [-0.25, -0.2) is 4.98 Å². The molecule has 0 bridgehead atoms. The predicted molar refractivity (Wildman–Crippen MR) is 127 cm³/mol. The van der Waals surface area contributed by atoms with E-state index < -0.39 is 0 Å². The van der Waals surface area contributed by atoms with E-state index in [-0.39, 0.29) is 18.4 Å². The molecule has 4 heterocycles. The third-order valence-corrected chi connectivity index (χ3v) is 5.87. The van der Waals surface area contributed by atoms with Gasteiger partial charge in [0.1, 0.15) is 12.2 Å². The van der Waals surface area contributed by atoms with Gasteiger partial charge < -0.3 is 19.7 Å². The second kappa shape index (κ2) is 9.12. The van der Waals surface area contributed by atoms with E-state index in [9.17, 15) is 9.59 Å². The van der Waals surface area contributed by atoms with E-state index in [1.165, 1.54) is 0 Å². The molecule has 1 aromatic carbocycles. The maximum Gasteiger partial charge on any atom is 0.257 e. The first-order valence-corrected chi connectivity index (χ1v) is 10.9. The fraction of sp³-hybridized carbons (Fsp3) is 0.200. The van der Waals surface area contributed by atoms with Crippen LogP contribution in [0, 0.1) is 0 Å². The lowest BCUT2D eigenvalue weighted by molar-refractivity contribution is -0.132. The van der Waals surface area contributed by atoms with E-state index in [4.69, 9.17) is 0 Å². The highest BCUT2D eigenvalue weighted by molar-refractivity contribution is 6.08. The minimum Gasteiger partial charge on any atom is -0.367 e. The maximum absolute atomic E-state index is 12.9. The molecular formula is C25H24N6O2. The summed E-state index contributed by atoms with van der Waals surface area (Å²) < 4.78 is 1.89. The second-order valence-electron chi connectivity index (χ2n) is 7.94. The Labute approximate surface area is 191 Å². The summed E-state index contributed by atoms with van der Waals surface area (Å²) in [5, 5.41) is 3.93. The average molecular weight is 441 g/mol. The van der Waals surface area contributed by atoms with Crippen molar-refractivity contribution in [1.82, 2.24) is 19.4 Å². The number of amides is 2. The van der Waals surface area contributed by atoms with Crippen LogP contribution in [0.2, 0.25) is 0 Å². The fourth-order valence-electron chi connectivity index (χ4n) is 4.17. The van der Waals surface area contributed by atoms with Gasteiger partial charge in [0.05, 0.1) is 17.4 Å². The second-order valence-corrected chi connectivity index (χ2v) is 7.94. The summed E-state index contributed by atoms with van der Waals surface area (Å²) in [4.78, 5) is 38.3. The zero-order chi connectivity index (χ0) is 22.6. The monoisotopic (exact) mass is 440 g/mol. The van der Waals surface area contributed by atoms with Gasteiger partial charge in [0, 0.05) is 55.8 Å². The number of nitrogens with zero attached hydrogens (tertiary/aromatic N) is 5. The van der Waals surface area contributed by atoms with Gasteiger partial charge in [0.2, 0.25) is 5.91 Å². The molecule has 1 fully saturated rings. The number of pyridine rings is 2. The molecule has 0 aliphatic carbocycles. The quantitative estimate of drug-likeness (QED) is 0.516. The summed E-state index contributed by atoms with van der Waals surface area (Å²) in [6.45, 7) is 2.79. The largest absolute Gasteiger partial charge is 0.367 e. The lowest BCUT2D eigenvalue weighted by Crippen LogP contribution is -2.50. The molecule has 166 valence electrons. The van der Waals surface area contributed by atoms with Gasteiger partial charge in [-0.15, -0.1) is 0 Å². The highest BCUT2D eigenvalue weighted by Gasteiger charge is 2.24. The van der Waals surface area contributed by atoms with Crippen molar-refractivity contribution in [3.8, 4) is 0 Å². The molecule has 0 saturated carbocycles. The summed E-state index contributed by atoms with van der Waals surface area (Å²) >= 11 is 0. The molecule has 5 rings (SSSR count). The van der Waals surface area contributed by atoms with Crippen molar-refractivity contribution in [3.05, 3.63) is 84.9 Å². The lowest BCUT2D eigenvalue weighted by Gasteiger charge is -2.37. The van der Waals surface area contributed by atoms with Crippen molar-refractivity contribution in [2.24, 2.45) is 0 Å². The number of fused-ring (bicyclic) bond motifs is 1. The minimum absolute atomic E-state index is 0.0698. The first-order chi connectivity index (χ1) is 16.2. The number of carbonyl (C=O) groups excluding carboxylic acids is 2. The van der Waals surface area contributed by atoms with Crippen LogP contribution in [0.25, 0.3) is 11.0 Å². The number of hydrogen-bond donors (Lipinski definition) is 1. The zero-order valence-corrected chi connectivity index (χ0v) is 18.1. The molecular weight excluding hydrogens is 416 g/mol. The highest BCUT2D eigenvalue weighted by atomic mass is 16.2. The lowest BCUT2D eigenvalue weighted by atomic mass is 10.1. The van der Waals surface area contributed by atoms with Gasteiger partial charge in [-0.1, -0.05) is 12.1 Å². The van der Waals surface area contributed by atoms with E-state index >= 15 is 0 Å². The summed E-state index contributed by atoms with van der Waals surface area (Å²) in [7, 11) is 0. The third kappa shape index (κ3) is 4.41. The Kier molecular flexibility index (Phi) is 5.72. The number of rotatable bonds is 5. The van der Waals surface area contributed by atoms with Crippen LogP contribution in [0.4, 0.5) is 11.4 Å². The molecule has 0 radical (unpaired) electrons. The Morgan fingerprint density at radius 2 is 1.73 bits per heavy atom. The number of carbonyl (C=O) groups is 2. The Morgan fingerprint density at radius 1 is 0.909 bits per heavy atom. The molecule has 1 N–H and O–H groups in total. The molecule has 8 nitrogen and oxygen atoms in total. The molecule has 1 saturated heterocycles. The van der Waals surface area contributed by atoms with Gasteiger partial charge in [-0.2, -0.15) is 0 Å². The minimum atomic E-state index is -0.177. The number of hydrogen-bond acceptors (Lipinski definition) is 5. The van der Waals surface area contributed by atoms with Crippen LogP contribution in [0.3, 0.4) is 0 Å². The van der Waals surface area contributed by atoms with Crippen LogP contribution in [-0.4, -0.2) is 57.4 Å². The Bertz CT molecular complexity index is 1280. The topological polar surface area (TPSA) is 83.4 Å². The van der Waals surface area contributed by atoms with E-state index in [1.807, 2.05) is 58.1 Å². The molecule has 0 spiro atoms. The maximum atomic E-state index is 12.9. The van der Waals surface area contributed by atoms with Gasteiger partial charge in [-0.3, -0.25) is 14.6 Å². The van der Waals surface area contributed by atoms with Crippen LogP contribution in [-0.2, 0) is 11.3 Å². The molecule has 1 aliphatic rings. The van der Waals surface area contributed by atoms with Crippen LogP contribution < -0.4 is 10.2 Å². The van der Waals surface area contributed by atoms with Gasteiger partial charge >= 0.3 is 0 Å². The van der Waals surface area contributed by atoms with Crippen molar-refractivity contribution in [2.45, 2.75) is 6.54 Å². The number of anilines is 2. The van der Waals surface area contributed by atoms with Crippen LogP contribution in [0.5, 0.6) is 0 Å². The predicted octanol–water partition coefficient (Wildman–Crippen LogP) is 3.03. The van der Waals surface area contributed by atoms with Gasteiger partial charge in [-0.05, 0) is 42.5 Å². The molecule has 2 amide bonds. The SMILES string of the molecule is O=C(Nc1cccnc1)c1ccccc1N1CCN(C(=O)Cn2ccc3cccnc32)CC1. The summed E-state index contributed by atoms with van der Waals surface area (Å²) in [6.07, 6.45) is 6.93. The van der Waals surface area contributed by atoms with Gasteiger partial charge in [0.25, 0.3) is 5.91 Å².